The van der Waals surface area contributed by atoms with E-state index in [0.29, 0.717) is 43.4 Å². The second kappa shape index (κ2) is 12.6. The smallest absolute Gasteiger partial charge is 0.416 e. The number of alkyl halides is 3. The summed E-state index contributed by atoms with van der Waals surface area (Å²) in [6, 6.07) is 19.4. The Labute approximate surface area is 244 Å². The number of carbonyl (C=O) groups excluding carboxylic acids is 1. The van der Waals surface area contributed by atoms with Crippen LogP contribution < -0.4 is 4.72 Å². The van der Waals surface area contributed by atoms with E-state index in [4.69, 9.17) is 4.74 Å². The first-order chi connectivity index (χ1) is 19.9. The maximum absolute atomic E-state index is 13.4. The molecule has 0 radical (unpaired) electrons. The molecule has 0 bridgehead atoms. The van der Waals surface area contributed by atoms with Gasteiger partial charge in [0.15, 0.2) is 0 Å². The fourth-order valence-corrected chi connectivity index (χ4v) is 6.54. The Kier molecular flexibility index (Phi) is 9.35. The van der Waals surface area contributed by atoms with Crippen LogP contribution in [0.2, 0.25) is 0 Å². The molecule has 42 heavy (non-hydrogen) atoms. The number of carbonyl (C=O) groups is 1. The third kappa shape index (κ3) is 7.15. The number of aryl methyl sites for hydroxylation is 1. The van der Waals surface area contributed by atoms with E-state index in [-0.39, 0.29) is 28.3 Å². The SMILES string of the molecule is CCCC1(CCc2ccccc2)CC(O)=C(C(CC)c2cccc(NS(=O)(=O)c3ccc(C(F)(F)F)cc3)c2)C(=O)O1. The zero-order valence-corrected chi connectivity index (χ0v) is 24.3. The number of esters is 1. The summed E-state index contributed by atoms with van der Waals surface area (Å²) in [5.41, 5.74) is 0.220. The lowest BCUT2D eigenvalue weighted by Crippen LogP contribution is -2.41. The number of hydrogen-bond donors (Lipinski definition) is 2. The van der Waals surface area contributed by atoms with Crippen molar-refractivity contribution in [2.24, 2.45) is 0 Å². The lowest BCUT2D eigenvalue weighted by atomic mass is 9.80. The molecule has 0 saturated carbocycles. The molecule has 0 fully saturated rings. The molecule has 1 heterocycles. The van der Waals surface area contributed by atoms with Crippen molar-refractivity contribution in [3.05, 3.63) is 107 Å². The van der Waals surface area contributed by atoms with Gasteiger partial charge >= 0.3 is 12.1 Å². The van der Waals surface area contributed by atoms with Gasteiger partial charge in [-0.05, 0) is 73.2 Å². The van der Waals surface area contributed by atoms with Crippen LogP contribution in [0.4, 0.5) is 18.9 Å². The second-order valence-corrected chi connectivity index (χ2v) is 12.2. The van der Waals surface area contributed by atoms with Crippen molar-refractivity contribution in [3.63, 3.8) is 0 Å². The standard InChI is InChI=1S/C32H34F3NO5S/c1-3-18-31(19-17-22-9-6-5-7-10-22)21-28(37)29(30(38)41-31)27(4-2)23-11-8-12-25(20-23)36-42(39,40)26-15-13-24(14-16-26)32(33,34)35/h5-16,20,27,36-37H,3-4,17-19,21H2,1-2H3. The summed E-state index contributed by atoms with van der Waals surface area (Å²) in [5, 5.41) is 11.2. The quantitative estimate of drug-likeness (QED) is 0.218. The van der Waals surface area contributed by atoms with E-state index in [0.717, 1.165) is 24.1 Å². The summed E-state index contributed by atoms with van der Waals surface area (Å²) in [5.74, 6) is -1.19. The number of cyclic esters (lactones) is 1. The zero-order valence-electron chi connectivity index (χ0n) is 23.4. The maximum Gasteiger partial charge on any atom is 0.416 e. The van der Waals surface area contributed by atoms with Crippen molar-refractivity contribution in [2.75, 3.05) is 4.72 Å². The number of ether oxygens (including phenoxy) is 1. The van der Waals surface area contributed by atoms with E-state index in [1.54, 1.807) is 18.2 Å². The van der Waals surface area contributed by atoms with E-state index in [2.05, 4.69) is 4.72 Å². The third-order valence-corrected chi connectivity index (χ3v) is 8.93. The molecular formula is C32H34F3NO5S. The number of benzene rings is 3. The van der Waals surface area contributed by atoms with Crippen LogP contribution in [-0.4, -0.2) is 25.1 Å². The number of nitrogens with one attached hydrogen (secondary N) is 1. The van der Waals surface area contributed by atoms with Gasteiger partial charge in [-0.2, -0.15) is 13.2 Å². The normalized spacial score (nSPS) is 18.5. The zero-order chi connectivity index (χ0) is 30.5. The molecule has 3 aromatic rings. The van der Waals surface area contributed by atoms with Gasteiger partial charge in [-0.15, -0.1) is 0 Å². The highest BCUT2D eigenvalue weighted by Gasteiger charge is 2.43. The van der Waals surface area contributed by atoms with Gasteiger partial charge in [-0.3, -0.25) is 4.72 Å². The highest BCUT2D eigenvalue weighted by atomic mass is 32.2. The van der Waals surface area contributed by atoms with E-state index in [1.165, 1.54) is 6.07 Å². The third-order valence-electron chi connectivity index (χ3n) is 7.54. The molecule has 224 valence electrons. The predicted octanol–water partition coefficient (Wildman–Crippen LogP) is 7.93. The van der Waals surface area contributed by atoms with Gasteiger partial charge in [0.1, 0.15) is 11.4 Å². The minimum Gasteiger partial charge on any atom is -0.512 e. The average Bonchev–Trinajstić information content (AvgIpc) is 2.94. The van der Waals surface area contributed by atoms with Crippen LogP contribution in [0.15, 0.2) is 95.1 Å². The number of sulfonamides is 1. The van der Waals surface area contributed by atoms with Crippen LogP contribution in [-0.2, 0) is 32.2 Å². The molecule has 2 N–H and O–H groups in total. The maximum atomic E-state index is 13.4. The fraction of sp³-hybridized carbons (Fsp3) is 0.344. The topological polar surface area (TPSA) is 92.7 Å². The summed E-state index contributed by atoms with van der Waals surface area (Å²) in [6.45, 7) is 3.85. The Morgan fingerprint density at radius 3 is 2.26 bits per heavy atom. The minimum absolute atomic E-state index is 0.0321. The molecular weight excluding hydrogens is 567 g/mol. The van der Waals surface area contributed by atoms with Gasteiger partial charge in [0, 0.05) is 18.0 Å². The molecule has 0 aliphatic carbocycles. The molecule has 10 heteroatoms. The Bertz CT molecular complexity index is 1540. The second-order valence-electron chi connectivity index (χ2n) is 10.6. The van der Waals surface area contributed by atoms with Crippen molar-refractivity contribution in [2.45, 2.75) is 75.0 Å². The fourth-order valence-electron chi connectivity index (χ4n) is 5.49. The molecule has 2 unspecified atom stereocenters. The Balaban J connectivity index is 1.57. The highest BCUT2D eigenvalue weighted by Crippen LogP contribution is 2.42. The van der Waals surface area contributed by atoms with E-state index >= 15 is 0 Å². The van der Waals surface area contributed by atoms with Crippen molar-refractivity contribution in [1.82, 2.24) is 0 Å². The molecule has 3 aromatic carbocycles. The van der Waals surface area contributed by atoms with Crippen molar-refractivity contribution >= 4 is 21.7 Å². The van der Waals surface area contributed by atoms with Crippen molar-refractivity contribution in [3.8, 4) is 0 Å². The lowest BCUT2D eigenvalue weighted by molar-refractivity contribution is -0.161. The van der Waals surface area contributed by atoms with Crippen molar-refractivity contribution in [1.29, 1.82) is 0 Å². The molecule has 0 amide bonds. The summed E-state index contributed by atoms with van der Waals surface area (Å²) in [6.07, 6.45) is -1.36. The lowest BCUT2D eigenvalue weighted by Gasteiger charge is -2.38. The summed E-state index contributed by atoms with van der Waals surface area (Å²) in [7, 11) is -4.19. The number of rotatable bonds is 11. The Hall–Kier alpha value is -3.79. The Morgan fingerprint density at radius 1 is 0.976 bits per heavy atom. The monoisotopic (exact) mass is 601 g/mol. The molecule has 4 rings (SSSR count). The van der Waals surface area contributed by atoms with Crippen molar-refractivity contribution < 1.29 is 36.2 Å². The largest absolute Gasteiger partial charge is 0.512 e. The van der Waals surface area contributed by atoms with Gasteiger partial charge in [0.05, 0.1) is 16.0 Å². The molecule has 1 aliphatic heterocycles. The summed E-state index contributed by atoms with van der Waals surface area (Å²) >= 11 is 0. The minimum atomic E-state index is -4.59. The van der Waals surface area contributed by atoms with Crippen LogP contribution in [0.25, 0.3) is 0 Å². The van der Waals surface area contributed by atoms with Gasteiger partial charge in [0.2, 0.25) is 0 Å². The van der Waals surface area contributed by atoms with E-state index < -0.39 is 39.3 Å². The molecule has 0 aromatic heterocycles. The number of aliphatic hydroxyl groups excluding tert-OH is 1. The molecule has 2 atom stereocenters. The first-order valence-corrected chi connectivity index (χ1v) is 15.3. The van der Waals surface area contributed by atoms with Crippen LogP contribution in [0, 0.1) is 0 Å². The summed E-state index contributed by atoms with van der Waals surface area (Å²) < 4.78 is 73.0. The van der Waals surface area contributed by atoms with Gasteiger partial charge < -0.3 is 9.84 Å². The highest BCUT2D eigenvalue weighted by molar-refractivity contribution is 7.92. The van der Waals surface area contributed by atoms with Gasteiger partial charge in [-0.1, -0.05) is 62.7 Å². The number of anilines is 1. The van der Waals surface area contributed by atoms with E-state index in [1.807, 2.05) is 44.2 Å². The van der Waals surface area contributed by atoms with Gasteiger partial charge in [0.25, 0.3) is 10.0 Å². The Morgan fingerprint density at radius 2 is 1.67 bits per heavy atom. The van der Waals surface area contributed by atoms with Crippen LogP contribution >= 0.6 is 0 Å². The van der Waals surface area contributed by atoms with Crippen LogP contribution in [0.5, 0.6) is 0 Å². The number of aliphatic hydroxyl groups is 1. The molecule has 6 nitrogen and oxygen atoms in total. The molecule has 1 aliphatic rings. The summed E-state index contributed by atoms with van der Waals surface area (Å²) in [4.78, 5) is 13.1. The van der Waals surface area contributed by atoms with Crippen LogP contribution in [0.3, 0.4) is 0 Å². The molecule has 0 spiro atoms. The van der Waals surface area contributed by atoms with Crippen LogP contribution in [0.1, 0.15) is 68.6 Å². The predicted molar refractivity (Wildman–Crippen MR) is 154 cm³/mol. The first kappa shape index (κ1) is 31.2. The first-order valence-electron chi connectivity index (χ1n) is 13.9. The average molecular weight is 602 g/mol. The number of hydrogen-bond acceptors (Lipinski definition) is 5. The number of halogens is 3. The van der Waals surface area contributed by atoms with Gasteiger partial charge in [-0.25, -0.2) is 13.2 Å². The molecule has 0 saturated heterocycles. The van der Waals surface area contributed by atoms with E-state index in [9.17, 15) is 31.5 Å².